The fraction of sp³-hybridized carbons (Fsp3) is 0.281. The highest BCUT2D eigenvalue weighted by Gasteiger charge is 2.33. The molecule has 1 atom stereocenters. The molecule has 9 heteroatoms. The molecule has 2 aromatic carbocycles. The molecule has 0 bridgehead atoms. The third-order valence-corrected chi connectivity index (χ3v) is 9.14. The largest absolute Gasteiger partial charge is 0.465 e. The maximum absolute atomic E-state index is 13.6. The Balaban J connectivity index is 1.46. The van der Waals surface area contributed by atoms with Gasteiger partial charge in [0.1, 0.15) is 16.5 Å². The Bertz CT molecular complexity index is 1630. The summed E-state index contributed by atoms with van der Waals surface area (Å²) < 4.78 is 10.8. The van der Waals surface area contributed by atoms with Crippen molar-refractivity contribution in [1.29, 1.82) is 0 Å². The Labute approximate surface area is 253 Å². The number of esters is 1. The number of aliphatic imine (C=N–C) groups is 1. The molecule has 5 rings (SSSR count). The molecule has 2 heterocycles. The van der Waals surface area contributed by atoms with Crippen molar-refractivity contribution < 1.29 is 18.7 Å². The van der Waals surface area contributed by atoms with E-state index in [4.69, 9.17) is 37.3 Å². The Morgan fingerprint density at radius 3 is 2.56 bits per heavy atom. The first-order chi connectivity index (χ1) is 19.5. The van der Waals surface area contributed by atoms with Crippen LogP contribution >= 0.6 is 34.5 Å². The van der Waals surface area contributed by atoms with E-state index in [1.807, 2.05) is 0 Å². The standard InChI is InChI=1S/C32H30Cl2N2O4S/c1-32(2,3)19-6-12-23-27(16-19)41-30(28(23)29(37)36-21-9-7-20(33)8-10-21)35-17-22-11-14-26(40-22)18-5-13-25(34)24(15-18)31(38)39-4/h5,7-11,13-15,17,19H,6,12,16H2,1-4H3,(H,36,37)/t19-/m1/s1. The van der Waals surface area contributed by atoms with E-state index in [9.17, 15) is 9.59 Å². The van der Waals surface area contributed by atoms with Gasteiger partial charge in [-0.3, -0.25) is 4.79 Å². The Kier molecular flexibility index (Phi) is 8.41. The summed E-state index contributed by atoms with van der Waals surface area (Å²) >= 11 is 13.8. The van der Waals surface area contributed by atoms with Gasteiger partial charge in [-0.15, -0.1) is 11.3 Å². The number of methoxy groups -OCH3 is 1. The minimum absolute atomic E-state index is 0.177. The van der Waals surface area contributed by atoms with E-state index in [0.717, 1.165) is 24.8 Å². The van der Waals surface area contributed by atoms with Crippen LogP contribution in [0.1, 0.15) is 64.1 Å². The minimum Gasteiger partial charge on any atom is -0.465 e. The topological polar surface area (TPSA) is 80.9 Å². The molecule has 212 valence electrons. The first kappa shape index (κ1) is 29.1. The molecule has 4 aromatic rings. The number of halogens is 2. The molecule has 0 fully saturated rings. The lowest BCUT2D eigenvalue weighted by atomic mass is 9.72. The zero-order valence-corrected chi connectivity index (χ0v) is 25.5. The molecule has 1 N–H and O–H groups in total. The van der Waals surface area contributed by atoms with Crippen molar-refractivity contribution in [2.24, 2.45) is 16.3 Å². The van der Waals surface area contributed by atoms with Crippen LogP contribution in [0.15, 0.2) is 64.0 Å². The van der Waals surface area contributed by atoms with E-state index in [-0.39, 0.29) is 16.9 Å². The number of nitrogens with zero attached hydrogens (tertiary/aromatic N) is 1. The van der Waals surface area contributed by atoms with Gasteiger partial charge in [0, 0.05) is 21.2 Å². The summed E-state index contributed by atoms with van der Waals surface area (Å²) in [7, 11) is 1.31. The average molecular weight is 610 g/mol. The molecule has 0 aliphatic heterocycles. The zero-order chi connectivity index (χ0) is 29.3. The number of furan rings is 1. The summed E-state index contributed by atoms with van der Waals surface area (Å²) in [6.45, 7) is 6.81. The van der Waals surface area contributed by atoms with Gasteiger partial charge in [0.2, 0.25) is 0 Å². The number of ether oxygens (including phenoxy) is 1. The van der Waals surface area contributed by atoms with Gasteiger partial charge in [0.15, 0.2) is 0 Å². The van der Waals surface area contributed by atoms with Crippen molar-refractivity contribution in [1.82, 2.24) is 0 Å². The molecular formula is C32H30Cl2N2O4S. The number of nitrogens with one attached hydrogen (secondary N) is 1. The molecule has 1 aliphatic rings. The summed E-state index contributed by atoms with van der Waals surface area (Å²) in [4.78, 5) is 31.6. The second-order valence-electron chi connectivity index (χ2n) is 11.1. The van der Waals surface area contributed by atoms with Gasteiger partial charge in [0.05, 0.1) is 29.5 Å². The summed E-state index contributed by atoms with van der Waals surface area (Å²) in [6, 6.07) is 15.7. The normalized spacial score (nSPS) is 15.1. The van der Waals surface area contributed by atoms with Crippen molar-refractivity contribution in [3.8, 4) is 11.3 Å². The summed E-state index contributed by atoms with van der Waals surface area (Å²) in [5.74, 6) is 0.873. The van der Waals surface area contributed by atoms with E-state index >= 15 is 0 Å². The van der Waals surface area contributed by atoms with Crippen molar-refractivity contribution in [2.75, 3.05) is 12.4 Å². The van der Waals surface area contributed by atoms with Gasteiger partial charge < -0.3 is 14.5 Å². The van der Waals surface area contributed by atoms with E-state index in [1.165, 1.54) is 12.0 Å². The Morgan fingerprint density at radius 1 is 1.10 bits per heavy atom. The molecule has 2 aromatic heterocycles. The van der Waals surface area contributed by atoms with E-state index in [1.54, 1.807) is 72.1 Å². The van der Waals surface area contributed by atoms with Crippen LogP contribution < -0.4 is 5.32 Å². The van der Waals surface area contributed by atoms with Gasteiger partial charge in [-0.05, 0) is 90.8 Å². The highest BCUT2D eigenvalue weighted by Crippen LogP contribution is 2.45. The molecule has 1 amide bonds. The molecule has 0 saturated carbocycles. The fourth-order valence-corrected chi connectivity index (χ4v) is 6.60. The third-order valence-electron chi connectivity index (χ3n) is 7.39. The molecule has 1 aliphatic carbocycles. The van der Waals surface area contributed by atoms with Crippen LogP contribution in [0.25, 0.3) is 11.3 Å². The number of thiophene rings is 1. The number of carbonyl (C=O) groups is 2. The van der Waals surface area contributed by atoms with Crippen LogP contribution in [-0.4, -0.2) is 25.2 Å². The second-order valence-corrected chi connectivity index (χ2v) is 13.0. The van der Waals surface area contributed by atoms with Gasteiger partial charge >= 0.3 is 5.97 Å². The van der Waals surface area contributed by atoms with Crippen LogP contribution in [0.3, 0.4) is 0 Å². The van der Waals surface area contributed by atoms with E-state index in [2.05, 4.69) is 26.1 Å². The maximum Gasteiger partial charge on any atom is 0.339 e. The number of carbonyl (C=O) groups excluding carboxylic acids is 2. The van der Waals surface area contributed by atoms with Crippen molar-refractivity contribution in [3.05, 3.63) is 92.0 Å². The van der Waals surface area contributed by atoms with Crippen molar-refractivity contribution in [3.63, 3.8) is 0 Å². The summed E-state index contributed by atoms with van der Waals surface area (Å²) in [5.41, 5.74) is 3.46. The first-order valence-corrected chi connectivity index (χ1v) is 14.8. The number of amides is 1. The number of hydrogen-bond acceptors (Lipinski definition) is 6. The number of hydrogen-bond donors (Lipinski definition) is 1. The van der Waals surface area contributed by atoms with Crippen molar-refractivity contribution in [2.45, 2.75) is 40.0 Å². The lowest BCUT2D eigenvalue weighted by molar-refractivity contribution is 0.0601. The molecular weight excluding hydrogens is 579 g/mol. The smallest absolute Gasteiger partial charge is 0.339 e. The van der Waals surface area contributed by atoms with Crippen molar-refractivity contribution >= 4 is 63.3 Å². The monoisotopic (exact) mass is 608 g/mol. The van der Waals surface area contributed by atoms with Gasteiger partial charge in [-0.25, -0.2) is 9.79 Å². The third kappa shape index (κ3) is 6.43. The maximum atomic E-state index is 13.6. The number of fused-ring (bicyclic) bond motifs is 1. The molecule has 0 spiro atoms. The van der Waals surface area contributed by atoms with E-state index in [0.29, 0.717) is 49.3 Å². The van der Waals surface area contributed by atoms with Crippen LogP contribution in [-0.2, 0) is 17.6 Å². The molecule has 0 unspecified atom stereocenters. The quantitative estimate of drug-likeness (QED) is 0.175. The summed E-state index contributed by atoms with van der Waals surface area (Å²) in [5, 5.41) is 4.56. The number of anilines is 1. The van der Waals surface area contributed by atoms with Crippen LogP contribution in [0.5, 0.6) is 0 Å². The SMILES string of the molecule is COC(=O)c1cc(-c2ccc(C=Nc3sc4c(c3C(=O)Nc3ccc(Cl)cc3)CC[C@@H](C(C)(C)C)C4)o2)ccc1Cl. The summed E-state index contributed by atoms with van der Waals surface area (Å²) in [6.07, 6.45) is 4.40. The fourth-order valence-electron chi connectivity index (χ4n) is 5.01. The molecule has 41 heavy (non-hydrogen) atoms. The minimum atomic E-state index is -0.523. The first-order valence-electron chi connectivity index (χ1n) is 13.3. The van der Waals surface area contributed by atoms with Gasteiger partial charge in [-0.2, -0.15) is 0 Å². The van der Waals surface area contributed by atoms with Gasteiger partial charge in [0.25, 0.3) is 5.91 Å². The Morgan fingerprint density at radius 2 is 1.85 bits per heavy atom. The second kappa shape index (κ2) is 11.8. The average Bonchev–Trinajstić information content (AvgIpc) is 3.56. The lowest BCUT2D eigenvalue weighted by Gasteiger charge is -2.33. The predicted octanol–water partition coefficient (Wildman–Crippen LogP) is 9.26. The predicted molar refractivity (Wildman–Crippen MR) is 166 cm³/mol. The van der Waals surface area contributed by atoms with Crippen LogP contribution in [0.4, 0.5) is 10.7 Å². The number of benzene rings is 2. The Hall–Kier alpha value is -3.39. The van der Waals surface area contributed by atoms with Crippen LogP contribution in [0, 0.1) is 11.3 Å². The lowest BCUT2D eigenvalue weighted by Crippen LogP contribution is -2.27. The molecule has 6 nitrogen and oxygen atoms in total. The van der Waals surface area contributed by atoms with E-state index < -0.39 is 5.97 Å². The molecule has 0 saturated heterocycles. The zero-order valence-electron chi connectivity index (χ0n) is 23.2. The highest BCUT2D eigenvalue weighted by atomic mass is 35.5. The molecule has 0 radical (unpaired) electrons. The number of rotatable bonds is 6. The van der Waals surface area contributed by atoms with Crippen LogP contribution in [0.2, 0.25) is 10.0 Å². The van der Waals surface area contributed by atoms with Gasteiger partial charge in [-0.1, -0.05) is 44.0 Å². The highest BCUT2D eigenvalue weighted by molar-refractivity contribution is 7.16.